The summed E-state index contributed by atoms with van der Waals surface area (Å²) in [6, 6.07) is 3.87. The highest BCUT2D eigenvalue weighted by Gasteiger charge is 2.18. The number of rotatable bonds is 7. The summed E-state index contributed by atoms with van der Waals surface area (Å²) in [5, 5.41) is 3.08. The van der Waals surface area contributed by atoms with Crippen molar-refractivity contribution in [3.05, 3.63) is 28.5 Å². The second-order valence-electron chi connectivity index (χ2n) is 3.68. The Kier molecular flexibility index (Phi) is 6.20. The summed E-state index contributed by atoms with van der Waals surface area (Å²) in [4.78, 5) is -0.325. The highest BCUT2D eigenvalue weighted by Crippen LogP contribution is 2.19. The van der Waals surface area contributed by atoms with Crippen LogP contribution in [-0.4, -0.2) is 28.1 Å². The fraction of sp³-hybridized carbons (Fsp3) is 0.455. The minimum atomic E-state index is -3.77. The monoisotopic (exact) mass is 338 g/mol. The summed E-state index contributed by atoms with van der Waals surface area (Å²) in [6.45, 7) is 3.82. The van der Waals surface area contributed by atoms with E-state index in [0.717, 1.165) is 19.2 Å². The van der Waals surface area contributed by atoms with E-state index in [1.807, 2.05) is 6.92 Å². The van der Waals surface area contributed by atoms with Crippen LogP contribution in [-0.2, 0) is 10.0 Å². The Morgan fingerprint density at radius 3 is 2.67 bits per heavy atom. The smallest absolute Gasteiger partial charge is 0.243 e. The average Bonchev–Trinajstić information content (AvgIpc) is 2.28. The minimum absolute atomic E-state index is 0.283. The van der Waals surface area contributed by atoms with Crippen LogP contribution in [0.25, 0.3) is 0 Å². The fourth-order valence-electron chi connectivity index (χ4n) is 1.37. The predicted molar refractivity (Wildman–Crippen MR) is 72.4 cm³/mol. The minimum Gasteiger partial charge on any atom is -0.317 e. The standard InChI is InChI=1S/C11H16BrFN2O2S/c1-2-14-6-3-7-15-18(16,17)11-5-4-9(12)8-10(11)13/h4-5,8,14-15H,2-3,6-7H2,1H3. The summed E-state index contributed by atoms with van der Waals surface area (Å²) >= 11 is 3.08. The van der Waals surface area contributed by atoms with E-state index in [2.05, 4.69) is 26.0 Å². The number of hydrogen-bond donors (Lipinski definition) is 2. The predicted octanol–water partition coefficient (Wildman–Crippen LogP) is 1.87. The van der Waals surface area contributed by atoms with Crippen molar-refractivity contribution in [2.75, 3.05) is 19.6 Å². The summed E-state index contributed by atoms with van der Waals surface area (Å²) in [5.74, 6) is -0.761. The topological polar surface area (TPSA) is 58.2 Å². The molecule has 0 fully saturated rings. The van der Waals surface area contributed by atoms with Gasteiger partial charge >= 0.3 is 0 Å². The van der Waals surface area contributed by atoms with Crippen LogP contribution in [0.5, 0.6) is 0 Å². The third kappa shape index (κ3) is 4.64. The maximum Gasteiger partial charge on any atom is 0.243 e. The van der Waals surface area contributed by atoms with Gasteiger partial charge in [-0.25, -0.2) is 17.5 Å². The second-order valence-corrected chi connectivity index (χ2v) is 6.33. The molecule has 1 rings (SSSR count). The van der Waals surface area contributed by atoms with Crippen LogP contribution in [0.4, 0.5) is 4.39 Å². The average molecular weight is 339 g/mol. The lowest BCUT2D eigenvalue weighted by Crippen LogP contribution is -2.28. The zero-order chi connectivity index (χ0) is 13.6. The van der Waals surface area contributed by atoms with Gasteiger partial charge in [-0.2, -0.15) is 0 Å². The second kappa shape index (κ2) is 7.18. The molecule has 0 aromatic heterocycles. The maximum atomic E-state index is 13.5. The third-order valence-electron chi connectivity index (χ3n) is 2.26. The molecule has 18 heavy (non-hydrogen) atoms. The zero-order valence-electron chi connectivity index (χ0n) is 10.0. The van der Waals surface area contributed by atoms with Gasteiger partial charge in [-0.05, 0) is 37.7 Å². The SMILES string of the molecule is CCNCCCNS(=O)(=O)c1ccc(Br)cc1F. The number of halogens is 2. The van der Waals surface area contributed by atoms with E-state index in [1.165, 1.54) is 12.1 Å². The molecule has 7 heteroatoms. The number of benzene rings is 1. The van der Waals surface area contributed by atoms with E-state index in [1.54, 1.807) is 0 Å². The highest BCUT2D eigenvalue weighted by molar-refractivity contribution is 9.10. The molecule has 0 amide bonds. The third-order valence-corrected chi connectivity index (χ3v) is 4.24. The first-order valence-electron chi connectivity index (χ1n) is 5.63. The van der Waals surface area contributed by atoms with E-state index in [0.29, 0.717) is 10.9 Å². The van der Waals surface area contributed by atoms with Crippen molar-refractivity contribution in [3.63, 3.8) is 0 Å². The molecule has 0 saturated carbocycles. The van der Waals surface area contributed by atoms with Crippen molar-refractivity contribution in [1.82, 2.24) is 10.0 Å². The lowest BCUT2D eigenvalue weighted by Gasteiger charge is -2.08. The molecule has 0 aliphatic heterocycles. The quantitative estimate of drug-likeness (QED) is 0.746. The molecule has 0 atom stereocenters. The van der Waals surface area contributed by atoms with Crippen LogP contribution in [0, 0.1) is 5.82 Å². The highest BCUT2D eigenvalue weighted by atomic mass is 79.9. The van der Waals surface area contributed by atoms with Crippen LogP contribution >= 0.6 is 15.9 Å². The Bertz CT molecular complexity index is 494. The molecule has 0 bridgehead atoms. The van der Waals surface area contributed by atoms with Gasteiger partial charge in [0.05, 0.1) is 0 Å². The molecule has 1 aromatic carbocycles. The number of nitrogens with one attached hydrogen (secondary N) is 2. The fourth-order valence-corrected chi connectivity index (χ4v) is 2.83. The van der Waals surface area contributed by atoms with Gasteiger partial charge in [-0.3, -0.25) is 0 Å². The molecule has 0 radical (unpaired) electrons. The van der Waals surface area contributed by atoms with E-state index in [4.69, 9.17) is 0 Å². The number of sulfonamides is 1. The first kappa shape index (κ1) is 15.6. The molecule has 102 valence electrons. The first-order valence-corrected chi connectivity index (χ1v) is 7.90. The van der Waals surface area contributed by atoms with Crippen molar-refractivity contribution in [1.29, 1.82) is 0 Å². The molecule has 0 heterocycles. The van der Waals surface area contributed by atoms with Crippen molar-refractivity contribution in [2.24, 2.45) is 0 Å². The van der Waals surface area contributed by atoms with Crippen LogP contribution in [0.1, 0.15) is 13.3 Å². The Balaban J connectivity index is 2.63. The molecule has 0 saturated heterocycles. The molecule has 0 aliphatic carbocycles. The Hall–Kier alpha value is -0.500. The molecule has 0 unspecified atom stereocenters. The molecular weight excluding hydrogens is 323 g/mol. The number of hydrogen-bond acceptors (Lipinski definition) is 3. The van der Waals surface area contributed by atoms with Gasteiger partial charge in [0, 0.05) is 11.0 Å². The maximum absolute atomic E-state index is 13.5. The zero-order valence-corrected chi connectivity index (χ0v) is 12.4. The van der Waals surface area contributed by atoms with Crippen molar-refractivity contribution in [3.8, 4) is 0 Å². The molecule has 0 aliphatic rings. The van der Waals surface area contributed by atoms with Gasteiger partial charge in [-0.15, -0.1) is 0 Å². The van der Waals surface area contributed by atoms with Crippen molar-refractivity contribution < 1.29 is 12.8 Å². The van der Waals surface area contributed by atoms with E-state index in [-0.39, 0.29) is 11.4 Å². The van der Waals surface area contributed by atoms with E-state index >= 15 is 0 Å². The van der Waals surface area contributed by atoms with Gasteiger partial charge in [0.25, 0.3) is 0 Å². The van der Waals surface area contributed by atoms with Crippen LogP contribution in [0.15, 0.2) is 27.6 Å². The Morgan fingerprint density at radius 2 is 2.06 bits per heavy atom. The Labute approximate surface area is 115 Å². The first-order chi connectivity index (χ1) is 8.47. The van der Waals surface area contributed by atoms with E-state index < -0.39 is 15.8 Å². The van der Waals surface area contributed by atoms with E-state index in [9.17, 15) is 12.8 Å². The van der Waals surface area contributed by atoms with Gasteiger partial charge in [0.1, 0.15) is 10.7 Å². The Morgan fingerprint density at radius 1 is 1.33 bits per heavy atom. The van der Waals surface area contributed by atoms with Gasteiger partial charge in [0.15, 0.2) is 0 Å². The van der Waals surface area contributed by atoms with Crippen molar-refractivity contribution in [2.45, 2.75) is 18.2 Å². The normalized spacial score (nSPS) is 11.7. The largest absolute Gasteiger partial charge is 0.317 e. The van der Waals surface area contributed by atoms with Crippen LogP contribution in [0.2, 0.25) is 0 Å². The molecule has 0 spiro atoms. The molecule has 2 N–H and O–H groups in total. The summed E-state index contributed by atoms with van der Waals surface area (Å²) in [7, 11) is -3.77. The van der Waals surface area contributed by atoms with Gasteiger partial charge in [-0.1, -0.05) is 22.9 Å². The summed E-state index contributed by atoms with van der Waals surface area (Å²) < 4.78 is 40.0. The lowest BCUT2D eigenvalue weighted by molar-refractivity contribution is 0.553. The van der Waals surface area contributed by atoms with Crippen LogP contribution in [0.3, 0.4) is 0 Å². The summed E-state index contributed by atoms with van der Waals surface area (Å²) in [6.07, 6.45) is 0.658. The molecule has 4 nitrogen and oxygen atoms in total. The van der Waals surface area contributed by atoms with Gasteiger partial charge in [0.2, 0.25) is 10.0 Å². The molecule has 1 aromatic rings. The molecular formula is C11H16BrFN2O2S. The summed E-state index contributed by atoms with van der Waals surface area (Å²) in [5.41, 5.74) is 0. The van der Waals surface area contributed by atoms with Gasteiger partial charge < -0.3 is 5.32 Å². The van der Waals surface area contributed by atoms with Crippen molar-refractivity contribution >= 4 is 26.0 Å². The van der Waals surface area contributed by atoms with Crippen LogP contribution < -0.4 is 10.0 Å². The lowest BCUT2D eigenvalue weighted by atomic mass is 10.3.